The first-order valence-corrected chi connectivity index (χ1v) is 10.8. The van der Waals surface area contributed by atoms with E-state index in [4.69, 9.17) is 21.3 Å². The van der Waals surface area contributed by atoms with Crippen LogP contribution >= 0.6 is 22.9 Å². The summed E-state index contributed by atoms with van der Waals surface area (Å²) in [4.78, 5) is 11.9. The van der Waals surface area contributed by atoms with Gasteiger partial charge >= 0.3 is 0 Å². The fraction of sp³-hybridized carbons (Fsp3) is 0.381. The van der Waals surface area contributed by atoms with Gasteiger partial charge in [-0.1, -0.05) is 11.6 Å². The molecule has 29 heavy (non-hydrogen) atoms. The number of ether oxygens (including phenoxy) is 1. The van der Waals surface area contributed by atoms with Crippen LogP contribution in [0.1, 0.15) is 44.0 Å². The molecule has 5 rings (SSSR count). The van der Waals surface area contributed by atoms with E-state index in [1.165, 1.54) is 10.4 Å². The number of halogens is 1. The Balaban J connectivity index is 1.57. The molecule has 150 valence electrons. The maximum atomic E-state index is 5.93. The lowest BCUT2D eigenvalue weighted by molar-refractivity contribution is -0.789. The first kappa shape index (κ1) is 18.8. The van der Waals surface area contributed by atoms with Crippen LogP contribution in [0.25, 0.3) is 15.9 Å². The predicted octanol–water partition coefficient (Wildman–Crippen LogP) is 3.70. The molecule has 0 saturated heterocycles. The summed E-state index contributed by atoms with van der Waals surface area (Å²) in [6.45, 7) is 9.46. The number of nitrogens with zero attached hydrogens (tertiary/aromatic N) is 4. The molecule has 0 radical (unpaired) electrons. The summed E-state index contributed by atoms with van der Waals surface area (Å²) in [7, 11) is 0. The Labute approximate surface area is 177 Å². The lowest BCUT2D eigenvalue weighted by Gasteiger charge is -2.38. The minimum Gasteiger partial charge on any atom is -0.486 e. The summed E-state index contributed by atoms with van der Waals surface area (Å²) < 4.78 is 7.60. The Morgan fingerprint density at radius 2 is 1.97 bits per heavy atom. The van der Waals surface area contributed by atoms with Gasteiger partial charge in [-0.25, -0.2) is 14.5 Å². The lowest BCUT2D eigenvalue weighted by atomic mass is 9.82. The van der Waals surface area contributed by atoms with Crippen molar-refractivity contribution in [2.45, 2.75) is 51.8 Å². The summed E-state index contributed by atoms with van der Waals surface area (Å²) in [5.74, 6) is 1.37. The maximum absolute atomic E-state index is 5.93. The predicted molar refractivity (Wildman–Crippen MR) is 115 cm³/mol. The fourth-order valence-electron chi connectivity index (χ4n) is 4.48. The first-order valence-electron chi connectivity index (χ1n) is 9.63. The molecule has 0 spiro atoms. The molecule has 0 aliphatic carbocycles. The molecule has 0 fully saturated rings. The van der Waals surface area contributed by atoms with Crippen molar-refractivity contribution in [3.63, 3.8) is 0 Å². The Kier molecular flexibility index (Phi) is 4.14. The van der Waals surface area contributed by atoms with Gasteiger partial charge in [0.2, 0.25) is 0 Å². The van der Waals surface area contributed by atoms with Crippen molar-refractivity contribution in [1.29, 1.82) is 0 Å². The van der Waals surface area contributed by atoms with Crippen molar-refractivity contribution < 1.29 is 10.1 Å². The number of quaternary nitrogens is 1. The molecule has 2 N–H and O–H groups in total. The van der Waals surface area contributed by atoms with Crippen molar-refractivity contribution in [3.05, 3.63) is 51.9 Å². The van der Waals surface area contributed by atoms with Crippen molar-refractivity contribution >= 4 is 38.8 Å². The molecule has 4 heterocycles. The van der Waals surface area contributed by atoms with Crippen molar-refractivity contribution in [2.75, 3.05) is 0 Å². The summed E-state index contributed by atoms with van der Waals surface area (Å²) >= 11 is 7.71. The fourth-order valence-corrected chi connectivity index (χ4v) is 5.83. The molecule has 8 heteroatoms. The van der Waals surface area contributed by atoms with Gasteiger partial charge in [0.05, 0.1) is 15.8 Å². The van der Waals surface area contributed by atoms with E-state index in [0.717, 1.165) is 28.0 Å². The molecular weight excluding hydrogens is 406 g/mol. The van der Waals surface area contributed by atoms with Crippen LogP contribution in [0.2, 0.25) is 5.02 Å². The van der Waals surface area contributed by atoms with Crippen LogP contribution in [-0.4, -0.2) is 25.1 Å². The zero-order valence-corrected chi connectivity index (χ0v) is 18.4. The van der Waals surface area contributed by atoms with Crippen molar-refractivity contribution in [1.82, 2.24) is 19.6 Å². The highest BCUT2D eigenvalue weighted by Crippen LogP contribution is 2.41. The molecule has 0 atom stereocenters. The van der Waals surface area contributed by atoms with Gasteiger partial charge in [-0.15, -0.1) is 16.4 Å². The van der Waals surface area contributed by atoms with Gasteiger partial charge in [0.25, 0.3) is 0 Å². The summed E-state index contributed by atoms with van der Waals surface area (Å²) in [5.41, 5.74) is 2.35. The van der Waals surface area contributed by atoms with E-state index in [9.17, 15) is 0 Å². The number of thiophene rings is 1. The largest absolute Gasteiger partial charge is 0.486 e. The topological polar surface area (TPSA) is 68.9 Å². The van der Waals surface area contributed by atoms with Gasteiger partial charge in [0, 0.05) is 11.4 Å². The molecule has 6 nitrogen and oxygen atoms in total. The number of aromatic nitrogens is 4. The highest BCUT2D eigenvalue weighted by Gasteiger charge is 2.43. The second-order valence-electron chi connectivity index (χ2n) is 8.90. The minimum atomic E-state index is 0.0139. The normalized spacial score (nSPS) is 17.6. The van der Waals surface area contributed by atoms with Crippen LogP contribution in [0.15, 0.2) is 30.6 Å². The molecular formula is C21H23ClN5OS+. The highest BCUT2D eigenvalue weighted by molar-refractivity contribution is 7.19. The molecule has 0 bridgehead atoms. The van der Waals surface area contributed by atoms with E-state index in [1.54, 1.807) is 34.3 Å². The molecule has 1 aliphatic rings. The maximum Gasteiger partial charge on any atom is 0.189 e. The van der Waals surface area contributed by atoms with E-state index in [2.05, 4.69) is 43.1 Å². The Morgan fingerprint density at radius 3 is 2.72 bits per heavy atom. The Bertz CT molecular complexity index is 1230. The van der Waals surface area contributed by atoms with E-state index in [1.807, 2.05) is 12.1 Å². The molecule has 1 aliphatic heterocycles. The number of fused-ring (bicyclic) bond motifs is 5. The lowest BCUT2D eigenvalue weighted by Crippen LogP contribution is -3.03. The summed E-state index contributed by atoms with van der Waals surface area (Å²) in [6.07, 6.45) is 2.73. The van der Waals surface area contributed by atoms with E-state index in [-0.39, 0.29) is 11.1 Å². The highest BCUT2D eigenvalue weighted by atomic mass is 35.5. The van der Waals surface area contributed by atoms with E-state index in [0.29, 0.717) is 17.5 Å². The second-order valence-corrected chi connectivity index (χ2v) is 10.3. The minimum absolute atomic E-state index is 0.0139. The zero-order valence-electron chi connectivity index (χ0n) is 16.9. The molecule has 0 saturated carbocycles. The first-order chi connectivity index (χ1) is 13.7. The molecule has 3 aromatic heterocycles. The third-order valence-electron chi connectivity index (χ3n) is 5.32. The van der Waals surface area contributed by atoms with Gasteiger partial charge in [-0.2, -0.15) is 0 Å². The summed E-state index contributed by atoms with van der Waals surface area (Å²) in [6, 6.07) is 7.29. The van der Waals surface area contributed by atoms with Gasteiger partial charge in [-0.05, 0) is 57.5 Å². The number of hydrogen-bond donors (Lipinski definition) is 1. The molecule has 4 aromatic rings. The van der Waals surface area contributed by atoms with Crippen molar-refractivity contribution in [3.8, 4) is 5.75 Å². The third kappa shape index (κ3) is 3.27. The third-order valence-corrected chi connectivity index (χ3v) is 7.05. The van der Waals surface area contributed by atoms with Crippen LogP contribution in [0.4, 0.5) is 0 Å². The second kappa shape index (κ2) is 6.39. The molecule has 1 aromatic carbocycles. The Hall–Kier alpha value is -2.22. The van der Waals surface area contributed by atoms with Crippen LogP contribution in [0.3, 0.4) is 0 Å². The van der Waals surface area contributed by atoms with Gasteiger partial charge in [0.15, 0.2) is 11.5 Å². The zero-order chi connectivity index (χ0) is 20.4. The number of nitrogens with two attached hydrogens (primary N) is 1. The number of benzene rings is 1. The van der Waals surface area contributed by atoms with Gasteiger partial charge < -0.3 is 10.1 Å². The van der Waals surface area contributed by atoms with E-state index >= 15 is 0 Å². The van der Waals surface area contributed by atoms with Crippen molar-refractivity contribution in [2.24, 2.45) is 0 Å². The van der Waals surface area contributed by atoms with Crippen LogP contribution in [0, 0.1) is 0 Å². The number of hydrogen-bond acceptors (Lipinski definition) is 5. The average molecular weight is 429 g/mol. The van der Waals surface area contributed by atoms with E-state index < -0.39 is 0 Å². The van der Waals surface area contributed by atoms with Crippen LogP contribution in [-0.2, 0) is 18.6 Å². The average Bonchev–Trinajstić information content (AvgIpc) is 3.21. The van der Waals surface area contributed by atoms with Crippen LogP contribution < -0.4 is 10.1 Å². The van der Waals surface area contributed by atoms with Crippen LogP contribution in [0.5, 0.6) is 5.75 Å². The Morgan fingerprint density at radius 1 is 1.21 bits per heavy atom. The quantitative estimate of drug-likeness (QED) is 0.540. The smallest absolute Gasteiger partial charge is 0.189 e. The molecule has 0 unspecified atom stereocenters. The van der Waals surface area contributed by atoms with Gasteiger partial charge in [-0.3, -0.25) is 0 Å². The SMILES string of the molecule is CC1(C)Cc2c(sc3ncn4nc(COc5ccc(Cl)cc5)nc4c23)C(C)(C)[NH2+]1. The van der Waals surface area contributed by atoms with Gasteiger partial charge in [0.1, 0.15) is 29.1 Å². The standard InChI is InChI=1S/C21H22ClN5OS/c1-20(2)9-14-16-18-24-15(10-28-13-7-5-12(22)6-8-13)25-27(18)11-23-19(16)29-17(14)21(3,4)26-20/h5-8,11,26H,9-10H2,1-4H3/p+1. The summed E-state index contributed by atoms with van der Waals surface area (Å²) in [5, 5.41) is 8.86. The molecule has 0 amide bonds. The number of rotatable bonds is 3. The monoisotopic (exact) mass is 428 g/mol.